The number of benzene rings is 2. The van der Waals surface area contributed by atoms with Crippen LogP contribution < -0.4 is 9.47 Å². The van der Waals surface area contributed by atoms with Crippen molar-refractivity contribution in [2.24, 2.45) is 11.8 Å². The summed E-state index contributed by atoms with van der Waals surface area (Å²) in [5.74, 6) is 1.14. The second-order valence-electron chi connectivity index (χ2n) is 7.00. The van der Waals surface area contributed by atoms with Gasteiger partial charge < -0.3 is 19.1 Å². The molecule has 27 heavy (non-hydrogen) atoms. The van der Waals surface area contributed by atoms with Gasteiger partial charge in [0, 0.05) is 36.6 Å². The van der Waals surface area contributed by atoms with E-state index in [0.717, 1.165) is 5.56 Å². The molecule has 2 heterocycles. The van der Waals surface area contributed by atoms with Crippen molar-refractivity contribution in [3.8, 4) is 11.5 Å². The van der Waals surface area contributed by atoms with E-state index in [9.17, 15) is 9.18 Å². The summed E-state index contributed by atoms with van der Waals surface area (Å²) in [5.41, 5.74) is 1.31. The largest absolute Gasteiger partial charge is 0.497 e. The first kappa shape index (κ1) is 17.8. The summed E-state index contributed by atoms with van der Waals surface area (Å²) in [6, 6.07) is 11.3. The number of fused-ring (bicyclic) bond motifs is 3. The van der Waals surface area contributed by atoms with E-state index < -0.39 is 0 Å². The average molecular weight is 371 g/mol. The topological polar surface area (TPSA) is 48.0 Å². The Kier molecular flexibility index (Phi) is 4.74. The first-order valence-electron chi connectivity index (χ1n) is 8.98. The normalized spacial score (nSPS) is 23.4. The molecule has 5 nitrogen and oxygen atoms in total. The summed E-state index contributed by atoms with van der Waals surface area (Å²) in [4.78, 5) is 15.1. The number of ether oxygens (including phenoxy) is 3. The van der Waals surface area contributed by atoms with Crippen LogP contribution in [0.3, 0.4) is 0 Å². The van der Waals surface area contributed by atoms with Crippen molar-refractivity contribution in [2.75, 3.05) is 34.0 Å². The van der Waals surface area contributed by atoms with Gasteiger partial charge in [-0.25, -0.2) is 4.39 Å². The first-order valence-corrected chi connectivity index (χ1v) is 8.98. The van der Waals surface area contributed by atoms with Crippen LogP contribution in [0.25, 0.3) is 0 Å². The lowest BCUT2D eigenvalue weighted by molar-refractivity contribution is 0.0671. The zero-order valence-electron chi connectivity index (χ0n) is 15.4. The van der Waals surface area contributed by atoms with Gasteiger partial charge in [0.05, 0.1) is 26.4 Å². The van der Waals surface area contributed by atoms with Gasteiger partial charge in [-0.15, -0.1) is 0 Å². The number of amides is 1. The lowest BCUT2D eigenvalue weighted by Crippen LogP contribution is -2.35. The highest BCUT2D eigenvalue weighted by molar-refractivity contribution is 5.95. The van der Waals surface area contributed by atoms with Crippen LogP contribution in [0.2, 0.25) is 0 Å². The molecular formula is C21H22FNO4. The lowest BCUT2D eigenvalue weighted by atomic mass is 9.85. The van der Waals surface area contributed by atoms with Gasteiger partial charge in [0.15, 0.2) is 0 Å². The molecule has 0 bridgehead atoms. The standard InChI is InChI=1S/C21H22FNO4/c1-25-11-14-10-23(21(24)13-3-6-16(26-2)7-4-13)20-17-9-15(22)5-8-19(17)27-12-18(14)20/h3-9,14,18,20H,10-12H2,1-2H3/t14-,18-,20-/m0/s1. The summed E-state index contributed by atoms with van der Waals surface area (Å²) in [6.07, 6.45) is 0. The Morgan fingerprint density at radius 3 is 2.70 bits per heavy atom. The Balaban J connectivity index is 1.71. The van der Waals surface area contributed by atoms with E-state index >= 15 is 0 Å². The van der Waals surface area contributed by atoms with Crippen molar-refractivity contribution in [3.05, 3.63) is 59.4 Å². The maximum Gasteiger partial charge on any atom is 0.254 e. The van der Waals surface area contributed by atoms with Gasteiger partial charge in [-0.1, -0.05) is 0 Å². The van der Waals surface area contributed by atoms with Gasteiger partial charge in [0.25, 0.3) is 5.91 Å². The van der Waals surface area contributed by atoms with Gasteiger partial charge in [-0.2, -0.15) is 0 Å². The molecule has 2 aliphatic heterocycles. The third-order valence-corrected chi connectivity index (χ3v) is 5.48. The minimum atomic E-state index is -0.329. The molecule has 1 saturated heterocycles. The molecule has 0 aliphatic carbocycles. The van der Waals surface area contributed by atoms with Crippen LogP contribution in [0.15, 0.2) is 42.5 Å². The molecular weight excluding hydrogens is 349 g/mol. The molecule has 142 valence electrons. The number of halogens is 1. The molecule has 6 heteroatoms. The zero-order valence-corrected chi connectivity index (χ0v) is 15.4. The third-order valence-electron chi connectivity index (χ3n) is 5.48. The third kappa shape index (κ3) is 3.14. The fourth-order valence-electron chi connectivity index (χ4n) is 4.18. The van der Waals surface area contributed by atoms with E-state index in [2.05, 4.69) is 0 Å². The second kappa shape index (κ2) is 7.19. The molecule has 0 spiro atoms. The smallest absolute Gasteiger partial charge is 0.254 e. The fourth-order valence-corrected chi connectivity index (χ4v) is 4.18. The van der Waals surface area contributed by atoms with Crippen LogP contribution in [0.1, 0.15) is 22.0 Å². The molecule has 0 unspecified atom stereocenters. The molecule has 0 N–H and O–H groups in total. The molecule has 1 amide bonds. The molecule has 0 radical (unpaired) electrons. The summed E-state index contributed by atoms with van der Waals surface area (Å²) in [6.45, 7) is 1.57. The SMILES string of the molecule is COC[C@@H]1CN(C(=O)c2ccc(OC)cc2)[C@H]2c3cc(F)ccc3OC[C@@H]12. The number of hydrogen-bond donors (Lipinski definition) is 0. The molecule has 1 fully saturated rings. The van der Waals surface area contributed by atoms with Gasteiger partial charge >= 0.3 is 0 Å². The van der Waals surface area contributed by atoms with Crippen LogP contribution in [0.4, 0.5) is 4.39 Å². The highest BCUT2D eigenvalue weighted by Gasteiger charge is 2.48. The van der Waals surface area contributed by atoms with Gasteiger partial charge in [0.2, 0.25) is 0 Å². The molecule has 2 aromatic carbocycles. The fraction of sp³-hybridized carbons (Fsp3) is 0.381. The quantitative estimate of drug-likeness (QED) is 0.827. The number of carbonyl (C=O) groups excluding carboxylic acids is 1. The van der Waals surface area contributed by atoms with Gasteiger partial charge in [-0.3, -0.25) is 4.79 Å². The van der Waals surface area contributed by atoms with Gasteiger partial charge in [-0.05, 0) is 42.5 Å². The zero-order chi connectivity index (χ0) is 19.0. The van der Waals surface area contributed by atoms with Crippen molar-refractivity contribution in [1.82, 2.24) is 4.90 Å². The summed E-state index contributed by atoms with van der Waals surface area (Å²) >= 11 is 0. The van der Waals surface area contributed by atoms with Crippen LogP contribution >= 0.6 is 0 Å². The predicted octanol–water partition coefficient (Wildman–Crippen LogP) is 3.30. The molecule has 2 aliphatic rings. The molecule has 0 aromatic heterocycles. The molecule has 2 aromatic rings. The van der Waals surface area contributed by atoms with E-state index in [-0.39, 0.29) is 29.6 Å². The molecule has 3 atom stereocenters. The van der Waals surface area contributed by atoms with Crippen LogP contribution in [0, 0.1) is 17.7 Å². The Labute approximate surface area is 157 Å². The van der Waals surface area contributed by atoms with Crippen LogP contribution in [-0.4, -0.2) is 44.8 Å². The van der Waals surface area contributed by atoms with Crippen LogP contribution in [-0.2, 0) is 4.74 Å². The van der Waals surface area contributed by atoms with Crippen molar-refractivity contribution in [1.29, 1.82) is 0 Å². The number of nitrogens with zero attached hydrogens (tertiary/aromatic N) is 1. The van der Waals surface area contributed by atoms with E-state index in [1.807, 2.05) is 4.90 Å². The number of likely N-dealkylation sites (tertiary alicyclic amines) is 1. The summed E-state index contributed by atoms with van der Waals surface area (Å²) in [5, 5.41) is 0. The van der Waals surface area contributed by atoms with Crippen molar-refractivity contribution in [3.63, 3.8) is 0 Å². The number of methoxy groups -OCH3 is 2. The predicted molar refractivity (Wildman–Crippen MR) is 97.5 cm³/mol. The summed E-state index contributed by atoms with van der Waals surface area (Å²) < 4.78 is 30.3. The van der Waals surface area contributed by atoms with Crippen molar-refractivity contribution >= 4 is 5.91 Å². The van der Waals surface area contributed by atoms with E-state index in [0.29, 0.717) is 36.8 Å². The van der Waals surface area contributed by atoms with Crippen molar-refractivity contribution in [2.45, 2.75) is 6.04 Å². The number of rotatable bonds is 4. The molecule has 0 saturated carbocycles. The summed E-state index contributed by atoms with van der Waals surface area (Å²) in [7, 11) is 3.24. The minimum Gasteiger partial charge on any atom is -0.497 e. The Morgan fingerprint density at radius 2 is 2.00 bits per heavy atom. The first-order chi connectivity index (χ1) is 13.1. The average Bonchev–Trinajstić information content (AvgIpc) is 3.07. The van der Waals surface area contributed by atoms with Crippen molar-refractivity contribution < 1.29 is 23.4 Å². The minimum absolute atomic E-state index is 0.0708. The monoisotopic (exact) mass is 371 g/mol. The van der Waals surface area contributed by atoms with E-state index in [4.69, 9.17) is 14.2 Å². The van der Waals surface area contributed by atoms with Crippen LogP contribution in [0.5, 0.6) is 11.5 Å². The lowest BCUT2D eigenvalue weighted by Gasteiger charge is -2.34. The maximum absolute atomic E-state index is 13.9. The Bertz CT molecular complexity index is 839. The van der Waals surface area contributed by atoms with E-state index in [1.54, 1.807) is 44.6 Å². The van der Waals surface area contributed by atoms with E-state index in [1.165, 1.54) is 12.1 Å². The second-order valence-corrected chi connectivity index (χ2v) is 7.00. The molecule has 4 rings (SSSR count). The number of hydrogen-bond acceptors (Lipinski definition) is 4. The van der Waals surface area contributed by atoms with Gasteiger partial charge in [0.1, 0.15) is 17.3 Å². The number of carbonyl (C=O) groups is 1. The Hall–Kier alpha value is -2.60. The highest BCUT2D eigenvalue weighted by Crippen LogP contribution is 2.48. The maximum atomic E-state index is 13.9. The Morgan fingerprint density at radius 1 is 1.22 bits per heavy atom. The highest BCUT2D eigenvalue weighted by atomic mass is 19.1.